The van der Waals surface area contributed by atoms with Crippen LogP contribution in [0, 0.1) is 10.1 Å². The second-order valence-electron chi connectivity index (χ2n) is 7.47. The molecule has 0 fully saturated rings. The first-order valence-electron chi connectivity index (χ1n) is 9.94. The minimum Gasteiger partial charge on any atom is -0.351 e. The maximum absolute atomic E-state index is 12.5. The zero-order valence-electron chi connectivity index (χ0n) is 17.1. The van der Waals surface area contributed by atoms with E-state index >= 15 is 0 Å². The van der Waals surface area contributed by atoms with E-state index in [0.29, 0.717) is 18.2 Å². The molecular weight excluding hydrogens is 434 g/mol. The molecule has 1 aliphatic heterocycles. The highest BCUT2D eigenvalue weighted by Crippen LogP contribution is 2.40. The highest BCUT2D eigenvalue weighted by molar-refractivity contribution is 7.10. The number of nitrogens with one attached hydrogen (secondary N) is 1. The lowest BCUT2D eigenvalue weighted by Gasteiger charge is -2.41. The number of hydrogen-bond donors (Lipinski definition) is 1. The number of rotatable bonds is 6. The molecule has 0 aliphatic carbocycles. The van der Waals surface area contributed by atoms with E-state index in [0.717, 1.165) is 13.0 Å². The first-order valence-corrected chi connectivity index (χ1v) is 10.8. The number of thiophene rings is 1. The summed E-state index contributed by atoms with van der Waals surface area (Å²) in [5.74, 6) is -0.220. The average Bonchev–Trinajstić information content (AvgIpc) is 3.22. The Kier molecular flexibility index (Phi) is 7.43. The number of non-ortho nitro benzene ring substituents is 1. The highest BCUT2D eigenvalue weighted by Gasteiger charge is 2.33. The minimum atomic E-state index is -0.470. The first-order chi connectivity index (χ1) is 14.5. The van der Waals surface area contributed by atoms with Gasteiger partial charge in [0.05, 0.1) is 11.0 Å². The molecule has 0 saturated carbocycles. The first kappa shape index (κ1) is 22.9. The molecule has 8 heteroatoms. The smallest absolute Gasteiger partial charge is 0.269 e. The summed E-state index contributed by atoms with van der Waals surface area (Å²) in [6, 6.07) is 18.9. The molecule has 1 aliphatic rings. The number of nitrogens with zero attached hydrogens (tertiary/aromatic N) is 2. The molecule has 0 radical (unpaired) electrons. The summed E-state index contributed by atoms with van der Waals surface area (Å²) in [5, 5.41) is 15.9. The Morgan fingerprint density at radius 2 is 1.87 bits per heavy atom. The zero-order chi connectivity index (χ0) is 21.1. The number of fused-ring (bicyclic) bond motifs is 1. The van der Waals surface area contributed by atoms with Crippen molar-refractivity contribution in [1.29, 1.82) is 0 Å². The van der Waals surface area contributed by atoms with Crippen molar-refractivity contribution in [2.24, 2.45) is 0 Å². The van der Waals surface area contributed by atoms with E-state index in [1.165, 1.54) is 40.3 Å². The van der Waals surface area contributed by atoms with Gasteiger partial charge in [-0.1, -0.05) is 30.3 Å². The van der Waals surface area contributed by atoms with Crippen molar-refractivity contribution >= 4 is 35.3 Å². The van der Waals surface area contributed by atoms with E-state index < -0.39 is 4.92 Å². The average molecular weight is 458 g/mol. The number of carbonyl (C=O) groups is 1. The lowest BCUT2D eigenvalue weighted by Crippen LogP contribution is -2.45. The van der Waals surface area contributed by atoms with Gasteiger partial charge in [-0.2, -0.15) is 0 Å². The monoisotopic (exact) mass is 457 g/mol. The quantitative estimate of drug-likeness (QED) is 0.424. The van der Waals surface area contributed by atoms with Gasteiger partial charge in [-0.15, -0.1) is 23.7 Å². The fraction of sp³-hybridized carbons (Fsp3) is 0.261. The molecule has 1 amide bonds. The van der Waals surface area contributed by atoms with Crippen molar-refractivity contribution < 1.29 is 9.72 Å². The van der Waals surface area contributed by atoms with Gasteiger partial charge in [-0.3, -0.25) is 19.8 Å². The van der Waals surface area contributed by atoms with Gasteiger partial charge in [-0.25, -0.2) is 0 Å². The Hall–Kier alpha value is -2.74. The van der Waals surface area contributed by atoms with Crippen LogP contribution in [0.2, 0.25) is 0 Å². The fourth-order valence-electron chi connectivity index (χ4n) is 4.06. The highest BCUT2D eigenvalue weighted by atomic mass is 35.5. The van der Waals surface area contributed by atoms with Crippen molar-refractivity contribution in [3.8, 4) is 0 Å². The lowest BCUT2D eigenvalue weighted by atomic mass is 9.91. The van der Waals surface area contributed by atoms with Crippen LogP contribution in [0.5, 0.6) is 0 Å². The van der Waals surface area contributed by atoms with Crippen LogP contribution < -0.4 is 5.32 Å². The minimum absolute atomic E-state index is 0. The maximum Gasteiger partial charge on any atom is 0.269 e. The van der Waals surface area contributed by atoms with Gasteiger partial charge in [0.1, 0.15) is 0 Å². The molecule has 0 spiro atoms. The van der Waals surface area contributed by atoms with E-state index in [4.69, 9.17) is 0 Å². The van der Waals surface area contributed by atoms with Gasteiger partial charge in [0.25, 0.3) is 11.6 Å². The molecule has 3 aromatic rings. The summed E-state index contributed by atoms with van der Waals surface area (Å²) in [5.41, 5.74) is 3.07. The molecule has 0 bridgehead atoms. The van der Waals surface area contributed by atoms with Crippen LogP contribution in [-0.4, -0.2) is 34.9 Å². The zero-order valence-corrected chi connectivity index (χ0v) is 18.7. The van der Waals surface area contributed by atoms with Crippen LogP contribution in [0.15, 0.2) is 66.0 Å². The third-order valence-corrected chi connectivity index (χ3v) is 6.56. The lowest BCUT2D eigenvalue weighted by molar-refractivity contribution is -0.384. The normalized spacial score (nSPS) is 18.0. The molecule has 6 nitrogen and oxygen atoms in total. The predicted octanol–water partition coefficient (Wildman–Crippen LogP) is 4.84. The van der Waals surface area contributed by atoms with E-state index in [-0.39, 0.29) is 30.0 Å². The number of nitro benzene ring substituents is 1. The number of amides is 1. The summed E-state index contributed by atoms with van der Waals surface area (Å²) < 4.78 is 0. The summed E-state index contributed by atoms with van der Waals surface area (Å²) >= 11 is 1.79. The van der Waals surface area contributed by atoms with E-state index in [1.807, 2.05) is 6.07 Å². The largest absolute Gasteiger partial charge is 0.351 e. The topological polar surface area (TPSA) is 75.5 Å². The van der Waals surface area contributed by atoms with Gasteiger partial charge in [-0.05, 0) is 48.1 Å². The van der Waals surface area contributed by atoms with Crippen LogP contribution in [0.25, 0.3) is 0 Å². The summed E-state index contributed by atoms with van der Waals surface area (Å²) in [4.78, 5) is 26.6. The van der Waals surface area contributed by atoms with Crippen LogP contribution in [0.4, 0.5) is 5.69 Å². The third kappa shape index (κ3) is 4.95. The van der Waals surface area contributed by atoms with Crippen molar-refractivity contribution in [3.63, 3.8) is 0 Å². The Labute approximate surface area is 191 Å². The van der Waals surface area contributed by atoms with Gasteiger partial charge >= 0.3 is 0 Å². The Morgan fingerprint density at radius 3 is 2.55 bits per heavy atom. The van der Waals surface area contributed by atoms with Crippen LogP contribution in [-0.2, 0) is 6.42 Å². The molecule has 1 aromatic heterocycles. The van der Waals surface area contributed by atoms with Crippen LogP contribution in [0.3, 0.4) is 0 Å². The Bertz CT molecular complexity index is 1040. The SMILES string of the molecule is C[C@@H]1Cc2ccsc2[C@H](c2ccccc2)N1CCNC(=O)c1ccc([N+](=O)[O-])cc1.Cl. The molecule has 2 aromatic carbocycles. The number of hydrogen-bond acceptors (Lipinski definition) is 5. The van der Waals surface area contributed by atoms with Gasteiger partial charge in [0.2, 0.25) is 0 Å². The molecule has 0 unspecified atom stereocenters. The van der Waals surface area contributed by atoms with Crippen LogP contribution in [0.1, 0.15) is 39.3 Å². The van der Waals surface area contributed by atoms with Crippen molar-refractivity contribution in [1.82, 2.24) is 10.2 Å². The second kappa shape index (κ2) is 10.0. The molecule has 2 atom stereocenters. The summed E-state index contributed by atoms with van der Waals surface area (Å²) in [7, 11) is 0. The van der Waals surface area contributed by atoms with Crippen molar-refractivity contribution in [3.05, 3.63) is 97.7 Å². The van der Waals surface area contributed by atoms with Crippen molar-refractivity contribution in [2.75, 3.05) is 13.1 Å². The van der Waals surface area contributed by atoms with E-state index in [1.54, 1.807) is 11.3 Å². The summed E-state index contributed by atoms with van der Waals surface area (Å²) in [6.07, 6.45) is 0.998. The van der Waals surface area contributed by atoms with Gasteiger partial charge in [0, 0.05) is 41.7 Å². The van der Waals surface area contributed by atoms with E-state index in [2.05, 4.69) is 52.9 Å². The molecule has 162 valence electrons. The number of halogens is 1. The predicted molar refractivity (Wildman–Crippen MR) is 125 cm³/mol. The van der Waals surface area contributed by atoms with Gasteiger partial charge in [0.15, 0.2) is 0 Å². The maximum atomic E-state index is 12.5. The number of benzene rings is 2. The second-order valence-corrected chi connectivity index (χ2v) is 8.42. The molecule has 31 heavy (non-hydrogen) atoms. The summed E-state index contributed by atoms with van der Waals surface area (Å²) in [6.45, 7) is 3.45. The molecular formula is C23H24ClN3O3S. The third-order valence-electron chi connectivity index (χ3n) is 5.55. The Balaban J connectivity index is 0.00000272. The Morgan fingerprint density at radius 1 is 1.16 bits per heavy atom. The fourth-order valence-corrected chi connectivity index (χ4v) is 5.14. The number of carbonyl (C=O) groups excluding carboxylic acids is 1. The standard InChI is InChI=1S/C23H23N3O3S.ClH/c1-16-15-19-11-14-30-22(19)21(17-5-3-2-4-6-17)25(16)13-12-24-23(27)18-7-9-20(10-8-18)26(28)29;/h2-11,14,16,21H,12-13,15H2,1H3,(H,24,27);1H/t16-,21+;/m1./s1. The van der Waals surface area contributed by atoms with Crippen LogP contribution >= 0.6 is 23.7 Å². The molecule has 2 heterocycles. The molecule has 0 saturated heterocycles. The van der Waals surface area contributed by atoms with Crippen molar-refractivity contribution in [2.45, 2.75) is 25.4 Å². The molecule has 1 N–H and O–H groups in total. The van der Waals surface area contributed by atoms with Gasteiger partial charge < -0.3 is 5.32 Å². The van der Waals surface area contributed by atoms with E-state index in [9.17, 15) is 14.9 Å². The number of nitro groups is 1. The molecule has 4 rings (SSSR count).